The standard InChI is InChI=1S/C13H21NOS/c1-2-10-3-5-11(6-4-10)13(15)7-12-8-14-9-16-12/h8-11,13,15H,2-7H2,1H3. The normalized spacial score (nSPS) is 27.9. The fourth-order valence-electron chi connectivity index (χ4n) is 2.70. The summed E-state index contributed by atoms with van der Waals surface area (Å²) in [6, 6.07) is 0. The molecule has 0 amide bonds. The van der Waals surface area contributed by atoms with Crippen molar-refractivity contribution in [1.29, 1.82) is 0 Å². The third-order valence-corrected chi connectivity index (χ3v) is 4.71. The topological polar surface area (TPSA) is 33.1 Å². The number of thiazole rings is 1. The van der Waals surface area contributed by atoms with Crippen LogP contribution in [0.15, 0.2) is 11.7 Å². The lowest BCUT2D eigenvalue weighted by Crippen LogP contribution is -2.27. The van der Waals surface area contributed by atoms with E-state index < -0.39 is 0 Å². The van der Waals surface area contributed by atoms with Gasteiger partial charge in [-0.15, -0.1) is 11.3 Å². The Labute approximate surface area is 102 Å². The lowest BCUT2D eigenvalue weighted by Gasteiger charge is -2.30. The maximum absolute atomic E-state index is 10.2. The van der Waals surface area contributed by atoms with Crippen molar-refractivity contribution in [3.8, 4) is 0 Å². The Morgan fingerprint density at radius 3 is 2.75 bits per heavy atom. The van der Waals surface area contributed by atoms with Gasteiger partial charge in [0.15, 0.2) is 0 Å². The van der Waals surface area contributed by atoms with E-state index in [1.54, 1.807) is 11.3 Å². The minimum atomic E-state index is -0.154. The zero-order chi connectivity index (χ0) is 11.4. The smallest absolute Gasteiger partial charge is 0.0794 e. The highest BCUT2D eigenvalue weighted by atomic mass is 32.1. The lowest BCUT2D eigenvalue weighted by atomic mass is 9.78. The van der Waals surface area contributed by atoms with Gasteiger partial charge in [-0.1, -0.05) is 26.2 Å². The first-order valence-corrected chi connectivity index (χ1v) is 7.23. The summed E-state index contributed by atoms with van der Waals surface area (Å²) in [6.07, 6.45) is 8.85. The van der Waals surface area contributed by atoms with Crippen LogP contribution < -0.4 is 0 Å². The van der Waals surface area contributed by atoms with Crippen molar-refractivity contribution in [2.24, 2.45) is 11.8 Å². The third-order valence-electron chi connectivity index (χ3n) is 3.91. The van der Waals surface area contributed by atoms with E-state index in [4.69, 9.17) is 0 Å². The van der Waals surface area contributed by atoms with Crippen molar-refractivity contribution in [2.45, 2.75) is 51.6 Å². The maximum atomic E-state index is 10.2. The highest BCUT2D eigenvalue weighted by molar-refractivity contribution is 7.09. The second-order valence-electron chi connectivity index (χ2n) is 4.93. The molecule has 0 bridgehead atoms. The van der Waals surface area contributed by atoms with Gasteiger partial charge >= 0.3 is 0 Å². The van der Waals surface area contributed by atoms with Crippen LogP contribution in [0.3, 0.4) is 0 Å². The molecule has 1 atom stereocenters. The van der Waals surface area contributed by atoms with Crippen LogP contribution in [0.4, 0.5) is 0 Å². The number of hydrogen-bond acceptors (Lipinski definition) is 3. The predicted molar refractivity (Wildman–Crippen MR) is 67.6 cm³/mol. The Balaban J connectivity index is 1.80. The first-order valence-electron chi connectivity index (χ1n) is 6.35. The van der Waals surface area contributed by atoms with Gasteiger partial charge in [0.05, 0.1) is 11.6 Å². The van der Waals surface area contributed by atoms with E-state index >= 15 is 0 Å². The van der Waals surface area contributed by atoms with Gasteiger partial charge in [0, 0.05) is 17.5 Å². The van der Waals surface area contributed by atoms with Gasteiger partial charge in [-0.05, 0) is 24.7 Å². The van der Waals surface area contributed by atoms with Gasteiger partial charge in [-0.25, -0.2) is 0 Å². The number of nitrogens with zero attached hydrogens (tertiary/aromatic N) is 1. The molecule has 2 nitrogen and oxygen atoms in total. The molecule has 1 saturated carbocycles. The monoisotopic (exact) mass is 239 g/mol. The zero-order valence-electron chi connectivity index (χ0n) is 9.93. The van der Waals surface area contributed by atoms with Crippen molar-refractivity contribution in [3.63, 3.8) is 0 Å². The van der Waals surface area contributed by atoms with Gasteiger partial charge in [-0.3, -0.25) is 4.98 Å². The Morgan fingerprint density at radius 2 is 2.19 bits per heavy atom. The van der Waals surface area contributed by atoms with Crippen LogP contribution in [0.2, 0.25) is 0 Å². The van der Waals surface area contributed by atoms with E-state index in [0.29, 0.717) is 5.92 Å². The molecule has 0 aromatic carbocycles. The quantitative estimate of drug-likeness (QED) is 0.875. The summed E-state index contributed by atoms with van der Waals surface area (Å²) in [4.78, 5) is 5.27. The van der Waals surface area contributed by atoms with E-state index in [0.717, 1.165) is 12.3 Å². The van der Waals surface area contributed by atoms with E-state index in [9.17, 15) is 5.11 Å². The van der Waals surface area contributed by atoms with Crippen LogP contribution in [0.25, 0.3) is 0 Å². The highest BCUT2D eigenvalue weighted by Crippen LogP contribution is 2.33. The van der Waals surface area contributed by atoms with Crippen molar-refractivity contribution < 1.29 is 5.11 Å². The van der Waals surface area contributed by atoms with Gasteiger partial charge in [0.2, 0.25) is 0 Å². The zero-order valence-corrected chi connectivity index (χ0v) is 10.7. The summed E-state index contributed by atoms with van der Waals surface area (Å²) in [5.41, 5.74) is 1.84. The second kappa shape index (κ2) is 5.78. The molecule has 2 rings (SSSR count). The number of aliphatic hydroxyl groups is 1. The Hall–Kier alpha value is -0.410. The van der Waals surface area contributed by atoms with Crippen LogP contribution >= 0.6 is 11.3 Å². The molecular formula is C13H21NOS. The molecule has 1 unspecified atom stereocenters. The van der Waals surface area contributed by atoms with Crippen molar-refractivity contribution >= 4 is 11.3 Å². The first kappa shape index (κ1) is 12.1. The molecule has 0 saturated heterocycles. The number of rotatable bonds is 4. The second-order valence-corrected chi connectivity index (χ2v) is 5.90. The molecule has 1 N–H and O–H groups in total. The minimum Gasteiger partial charge on any atom is -0.392 e. The molecule has 16 heavy (non-hydrogen) atoms. The van der Waals surface area contributed by atoms with Crippen LogP contribution in [0.1, 0.15) is 43.9 Å². The predicted octanol–water partition coefficient (Wildman–Crippen LogP) is 3.26. The van der Waals surface area contributed by atoms with Crippen LogP contribution in [0.5, 0.6) is 0 Å². The molecule has 0 aliphatic heterocycles. The number of aliphatic hydroxyl groups excluding tert-OH is 1. The lowest BCUT2D eigenvalue weighted by molar-refractivity contribution is 0.0741. The molecule has 1 aromatic rings. The van der Waals surface area contributed by atoms with E-state index in [1.807, 2.05) is 11.7 Å². The molecule has 90 valence electrons. The van der Waals surface area contributed by atoms with Gasteiger partial charge in [0.25, 0.3) is 0 Å². The van der Waals surface area contributed by atoms with Crippen LogP contribution in [-0.4, -0.2) is 16.2 Å². The molecule has 1 aromatic heterocycles. The Morgan fingerprint density at radius 1 is 1.44 bits per heavy atom. The highest BCUT2D eigenvalue weighted by Gasteiger charge is 2.25. The number of hydrogen-bond donors (Lipinski definition) is 1. The van der Waals surface area contributed by atoms with E-state index in [-0.39, 0.29) is 6.10 Å². The molecule has 1 aliphatic rings. The Bertz CT molecular complexity index is 291. The molecule has 0 radical (unpaired) electrons. The van der Waals surface area contributed by atoms with Crippen LogP contribution in [0, 0.1) is 11.8 Å². The average molecular weight is 239 g/mol. The van der Waals surface area contributed by atoms with E-state index in [2.05, 4.69) is 11.9 Å². The minimum absolute atomic E-state index is 0.154. The first-order chi connectivity index (χ1) is 7.79. The molecule has 0 spiro atoms. The number of aromatic nitrogens is 1. The SMILES string of the molecule is CCC1CCC(C(O)Cc2cncs2)CC1. The summed E-state index contributed by atoms with van der Waals surface area (Å²) >= 11 is 1.65. The van der Waals surface area contributed by atoms with Gasteiger partial charge in [0.1, 0.15) is 0 Å². The van der Waals surface area contributed by atoms with Gasteiger partial charge < -0.3 is 5.11 Å². The summed E-state index contributed by atoms with van der Waals surface area (Å²) in [5.74, 6) is 1.43. The van der Waals surface area contributed by atoms with Gasteiger partial charge in [-0.2, -0.15) is 0 Å². The third kappa shape index (κ3) is 3.05. The van der Waals surface area contributed by atoms with Crippen LogP contribution in [-0.2, 0) is 6.42 Å². The molecule has 1 fully saturated rings. The molecular weight excluding hydrogens is 218 g/mol. The summed E-state index contributed by atoms with van der Waals surface area (Å²) in [5, 5.41) is 10.2. The van der Waals surface area contributed by atoms with E-state index in [1.165, 1.54) is 37.0 Å². The molecule has 1 aliphatic carbocycles. The molecule has 3 heteroatoms. The largest absolute Gasteiger partial charge is 0.392 e. The Kier molecular flexibility index (Phi) is 4.36. The average Bonchev–Trinajstić information content (AvgIpc) is 2.82. The summed E-state index contributed by atoms with van der Waals surface area (Å²) < 4.78 is 0. The fourth-order valence-corrected chi connectivity index (χ4v) is 3.34. The van der Waals surface area contributed by atoms with Crippen molar-refractivity contribution in [3.05, 3.63) is 16.6 Å². The summed E-state index contributed by atoms with van der Waals surface area (Å²) in [7, 11) is 0. The fraction of sp³-hybridized carbons (Fsp3) is 0.769. The van der Waals surface area contributed by atoms with Crippen molar-refractivity contribution in [2.75, 3.05) is 0 Å². The van der Waals surface area contributed by atoms with Crippen molar-refractivity contribution in [1.82, 2.24) is 4.98 Å². The maximum Gasteiger partial charge on any atom is 0.0794 e. The molecule has 1 heterocycles. The summed E-state index contributed by atoms with van der Waals surface area (Å²) in [6.45, 7) is 2.28.